The number of likely N-dealkylation sites (tertiary alicyclic amines) is 1. The lowest BCUT2D eigenvalue weighted by atomic mass is 9.54. The first-order chi connectivity index (χ1) is 11.1. The van der Waals surface area contributed by atoms with Crippen molar-refractivity contribution in [1.29, 1.82) is 0 Å². The number of carbonyl (C=O) groups is 1. The number of amides is 1. The van der Waals surface area contributed by atoms with Crippen molar-refractivity contribution in [1.82, 2.24) is 15.1 Å². The molecule has 130 valence electrons. The molecule has 0 radical (unpaired) electrons. The van der Waals surface area contributed by atoms with Crippen LogP contribution in [0.25, 0.3) is 0 Å². The van der Waals surface area contributed by atoms with Crippen LogP contribution >= 0.6 is 0 Å². The van der Waals surface area contributed by atoms with Crippen LogP contribution < -0.4 is 5.32 Å². The summed E-state index contributed by atoms with van der Waals surface area (Å²) < 4.78 is 0. The third-order valence-corrected chi connectivity index (χ3v) is 7.04. The molecule has 4 aliphatic carbocycles. The Morgan fingerprint density at radius 1 is 1.09 bits per heavy atom. The lowest BCUT2D eigenvalue weighted by Crippen LogP contribution is -2.58. The molecule has 5 aliphatic rings. The van der Waals surface area contributed by atoms with Crippen molar-refractivity contribution >= 4 is 5.91 Å². The molecule has 23 heavy (non-hydrogen) atoms. The summed E-state index contributed by atoms with van der Waals surface area (Å²) in [5.41, 5.74) is 0. The largest absolute Gasteiger partial charge is 0.351 e. The Balaban J connectivity index is 1.36. The van der Waals surface area contributed by atoms with Crippen LogP contribution in [0.15, 0.2) is 0 Å². The molecule has 5 fully saturated rings. The summed E-state index contributed by atoms with van der Waals surface area (Å²) in [6.45, 7) is 3.15. The van der Waals surface area contributed by atoms with Gasteiger partial charge in [-0.1, -0.05) is 0 Å². The predicted octanol–water partition coefficient (Wildman–Crippen LogP) is 1.95. The van der Waals surface area contributed by atoms with Crippen LogP contribution in [0.5, 0.6) is 0 Å². The molecular weight excluding hydrogens is 286 g/mol. The number of hydrogen-bond acceptors (Lipinski definition) is 3. The van der Waals surface area contributed by atoms with Crippen molar-refractivity contribution < 1.29 is 4.79 Å². The van der Waals surface area contributed by atoms with E-state index in [1.165, 1.54) is 38.5 Å². The van der Waals surface area contributed by atoms with E-state index in [1.54, 1.807) is 0 Å². The Morgan fingerprint density at radius 3 is 2.35 bits per heavy atom. The lowest BCUT2D eigenvalue weighted by molar-refractivity contribution is -0.129. The highest BCUT2D eigenvalue weighted by Gasteiger charge is 2.49. The first kappa shape index (κ1) is 15.9. The quantitative estimate of drug-likeness (QED) is 0.841. The molecule has 1 saturated heterocycles. The third kappa shape index (κ3) is 3.17. The average Bonchev–Trinajstić information content (AvgIpc) is 2.96. The van der Waals surface area contributed by atoms with Gasteiger partial charge in [0, 0.05) is 19.1 Å². The summed E-state index contributed by atoms with van der Waals surface area (Å²) in [7, 11) is 4.22. The fourth-order valence-corrected chi connectivity index (χ4v) is 6.14. The van der Waals surface area contributed by atoms with Crippen molar-refractivity contribution in [2.45, 2.75) is 57.0 Å². The van der Waals surface area contributed by atoms with Gasteiger partial charge in [0.25, 0.3) is 0 Å². The van der Waals surface area contributed by atoms with E-state index >= 15 is 0 Å². The van der Waals surface area contributed by atoms with Crippen molar-refractivity contribution in [3.8, 4) is 0 Å². The maximum Gasteiger partial charge on any atom is 0.237 e. The Bertz CT molecular complexity index is 422. The summed E-state index contributed by atoms with van der Waals surface area (Å²) in [6.07, 6.45) is 9.23. The van der Waals surface area contributed by atoms with Crippen molar-refractivity contribution in [3.05, 3.63) is 0 Å². The van der Waals surface area contributed by atoms with Gasteiger partial charge >= 0.3 is 0 Å². The summed E-state index contributed by atoms with van der Waals surface area (Å²) >= 11 is 0. The van der Waals surface area contributed by atoms with Crippen LogP contribution in [0.4, 0.5) is 0 Å². The van der Waals surface area contributed by atoms with E-state index in [-0.39, 0.29) is 6.04 Å². The molecule has 1 atom stereocenters. The minimum Gasteiger partial charge on any atom is -0.351 e. The number of nitrogens with one attached hydrogen (secondary N) is 1. The fourth-order valence-electron chi connectivity index (χ4n) is 6.14. The zero-order chi connectivity index (χ0) is 16.0. The Labute approximate surface area is 141 Å². The van der Waals surface area contributed by atoms with Gasteiger partial charge < -0.3 is 10.2 Å². The van der Waals surface area contributed by atoms with Gasteiger partial charge in [-0.15, -0.1) is 0 Å². The monoisotopic (exact) mass is 319 g/mol. The molecule has 0 spiro atoms. The Kier molecular flexibility index (Phi) is 4.39. The zero-order valence-corrected chi connectivity index (χ0v) is 14.8. The van der Waals surface area contributed by atoms with Gasteiger partial charge in [0.2, 0.25) is 5.91 Å². The molecule has 4 heteroatoms. The molecule has 1 amide bonds. The molecule has 4 bridgehead atoms. The van der Waals surface area contributed by atoms with E-state index in [0.717, 1.165) is 49.7 Å². The second-order valence-corrected chi connectivity index (χ2v) is 8.96. The van der Waals surface area contributed by atoms with Crippen molar-refractivity contribution in [2.75, 3.05) is 33.7 Å². The molecule has 4 saturated carbocycles. The van der Waals surface area contributed by atoms with Gasteiger partial charge in [0.05, 0.1) is 6.04 Å². The Hall–Kier alpha value is -0.610. The Morgan fingerprint density at radius 2 is 1.74 bits per heavy atom. The van der Waals surface area contributed by atoms with Crippen molar-refractivity contribution in [3.63, 3.8) is 0 Å². The van der Waals surface area contributed by atoms with Gasteiger partial charge in [-0.3, -0.25) is 9.69 Å². The summed E-state index contributed by atoms with van der Waals surface area (Å²) in [5, 5.41) is 3.53. The minimum atomic E-state index is 0.132. The highest BCUT2D eigenvalue weighted by molar-refractivity contribution is 5.82. The standard InChI is InChI=1S/C19H33N3O/c1-21(2)6-7-22-5-3-4-17(22)19(23)20-18-15-9-13-8-14(11-15)12-16(18)10-13/h13-18H,3-12H2,1-2H3,(H,20,23)/t13?,14?,15?,16?,17-,18?/m0/s1. The van der Waals surface area contributed by atoms with Crippen LogP contribution in [0.2, 0.25) is 0 Å². The topological polar surface area (TPSA) is 35.6 Å². The van der Waals surface area contributed by atoms with E-state index in [9.17, 15) is 4.79 Å². The summed E-state index contributed by atoms with van der Waals surface area (Å²) in [6, 6.07) is 0.624. The van der Waals surface area contributed by atoms with E-state index in [2.05, 4.69) is 29.2 Å². The van der Waals surface area contributed by atoms with Crippen LogP contribution in [-0.4, -0.2) is 61.5 Å². The second-order valence-electron chi connectivity index (χ2n) is 8.96. The maximum absolute atomic E-state index is 12.9. The molecule has 0 aromatic heterocycles. The number of nitrogens with zero attached hydrogens (tertiary/aromatic N) is 2. The molecular formula is C19H33N3O. The van der Waals surface area contributed by atoms with Gasteiger partial charge in [0.1, 0.15) is 0 Å². The highest BCUT2D eigenvalue weighted by Crippen LogP contribution is 2.53. The van der Waals surface area contributed by atoms with E-state index in [1.807, 2.05) is 0 Å². The zero-order valence-electron chi connectivity index (χ0n) is 14.8. The number of likely N-dealkylation sites (N-methyl/N-ethyl adjacent to an activating group) is 1. The van der Waals surface area contributed by atoms with E-state index in [4.69, 9.17) is 0 Å². The molecule has 0 aromatic carbocycles. The number of rotatable bonds is 5. The number of carbonyl (C=O) groups excluding carboxylic acids is 1. The molecule has 0 unspecified atom stereocenters. The molecule has 1 N–H and O–H groups in total. The van der Waals surface area contributed by atoms with Crippen LogP contribution in [0.1, 0.15) is 44.9 Å². The first-order valence-corrected chi connectivity index (χ1v) is 9.79. The third-order valence-electron chi connectivity index (χ3n) is 7.04. The molecule has 0 aromatic rings. The summed E-state index contributed by atoms with van der Waals surface area (Å²) in [4.78, 5) is 17.5. The number of hydrogen-bond donors (Lipinski definition) is 1. The van der Waals surface area contributed by atoms with Gasteiger partial charge in [-0.05, 0) is 89.3 Å². The van der Waals surface area contributed by atoms with Crippen LogP contribution in [-0.2, 0) is 4.79 Å². The predicted molar refractivity (Wildman–Crippen MR) is 92.1 cm³/mol. The van der Waals surface area contributed by atoms with Crippen molar-refractivity contribution in [2.24, 2.45) is 23.7 Å². The molecule has 5 rings (SSSR count). The van der Waals surface area contributed by atoms with Gasteiger partial charge in [-0.2, -0.15) is 0 Å². The minimum absolute atomic E-state index is 0.132. The fraction of sp³-hybridized carbons (Fsp3) is 0.947. The maximum atomic E-state index is 12.9. The molecule has 4 nitrogen and oxygen atoms in total. The van der Waals surface area contributed by atoms with Gasteiger partial charge in [0.15, 0.2) is 0 Å². The first-order valence-electron chi connectivity index (χ1n) is 9.79. The van der Waals surface area contributed by atoms with Gasteiger partial charge in [-0.25, -0.2) is 0 Å². The summed E-state index contributed by atoms with van der Waals surface area (Å²) in [5.74, 6) is 3.86. The van der Waals surface area contributed by atoms with Crippen LogP contribution in [0, 0.1) is 23.7 Å². The molecule has 1 aliphatic heterocycles. The molecule has 1 heterocycles. The average molecular weight is 319 g/mol. The smallest absolute Gasteiger partial charge is 0.237 e. The van der Waals surface area contributed by atoms with E-state index < -0.39 is 0 Å². The highest BCUT2D eigenvalue weighted by atomic mass is 16.2. The SMILES string of the molecule is CN(C)CCN1CCC[C@H]1C(=O)NC1C2CC3CC(C2)CC1C3. The van der Waals surface area contributed by atoms with E-state index in [0.29, 0.717) is 11.9 Å². The lowest BCUT2D eigenvalue weighted by Gasteiger charge is -2.54. The normalized spacial score (nSPS) is 42.6. The van der Waals surface area contributed by atoms with Crippen LogP contribution in [0.3, 0.4) is 0 Å². The second kappa shape index (κ2) is 6.36.